The van der Waals surface area contributed by atoms with E-state index in [0.29, 0.717) is 43.2 Å². The molecule has 2 aliphatic heterocycles. The van der Waals surface area contributed by atoms with Gasteiger partial charge in [0.05, 0.1) is 39.0 Å². The number of aliphatic hydroxyl groups excluding tert-OH is 1. The summed E-state index contributed by atoms with van der Waals surface area (Å²) in [5, 5.41) is 11.2. The van der Waals surface area contributed by atoms with Gasteiger partial charge in [0.15, 0.2) is 11.5 Å². The summed E-state index contributed by atoms with van der Waals surface area (Å²) in [6.45, 7) is 4.36. The largest absolute Gasteiger partial charge is 0.507 e. The third kappa shape index (κ3) is 4.78. The molecule has 2 aromatic rings. The lowest BCUT2D eigenvalue weighted by molar-refractivity contribution is -0.140. The lowest BCUT2D eigenvalue weighted by atomic mass is 9.95. The molecule has 34 heavy (non-hydrogen) atoms. The van der Waals surface area contributed by atoms with E-state index in [4.69, 9.17) is 14.2 Å². The fourth-order valence-corrected chi connectivity index (χ4v) is 4.52. The van der Waals surface area contributed by atoms with Gasteiger partial charge < -0.3 is 24.2 Å². The van der Waals surface area contributed by atoms with Crippen LogP contribution in [0.1, 0.15) is 23.6 Å². The number of hydrogen-bond donors (Lipinski definition) is 1. The summed E-state index contributed by atoms with van der Waals surface area (Å²) < 4.78 is 16.0. The number of hydrogen-bond acceptors (Lipinski definition) is 7. The number of nitrogens with zero attached hydrogens (tertiary/aromatic N) is 2. The van der Waals surface area contributed by atoms with E-state index in [-0.39, 0.29) is 11.3 Å². The standard InChI is InChI=1S/C26H30N2O6/c1-32-20-10-9-19(17-21(20)33-2)24(29)22-23(18-7-4-3-5-8-18)28(26(31)25(22)30)12-6-11-27-13-15-34-16-14-27/h3-5,7-10,17,23,29H,6,11-16H2,1-2H3/b24-22+/t23-/m1/s1. The Kier molecular flexibility index (Phi) is 7.49. The molecule has 0 aliphatic carbocycles. The Labute approximate surface area is 199 Å². The maximum Gasteiger partial charge on any atom is 0.295 e. The van der Waals surface area contributed by atoms with Crippen molar-refractivity contribution >= 4 is 17.4 Å². The Morgan fingerprint density at radius 1 is 1.00 bits per heavy atom. The molecule has 0 saturated carbocycles. The number of methoxy groups -OCH3 is 2. The van der Waals surface area contributed by atoms with Gasteiger partial charge in [-0.25, -0.2) is 0 Å². The Hall–Kier alpha value is -3.36. The average molecular weight is 467 g/mol. The monoisotopic (exact) mass is 466 g/mol. The quantitative estimate of drug-likeness (QED) is 0.364. The van der Waals surface area contributed by atoms with Crippen LogP contribution in [0.4, 0.5) is 0 Å². The van der Waals surface area contributed by atoms with Gasteiger partial charge in [-0.05, 0) is 30.2 Å². The molecule has 1 atom stereocenters. The van der Waals surface area contributed by atoms with Gasteiger partial charge in [-0.3, -0.25) is 14.5 Å². The van der Waals surface area contributed by atoms with Gasteiger partial charge in [-0.1, -0.05) is 30.3 Å². The first-order chi connectivity index (χ1) is 16.5. The molecule has 2 saturated heterocycles. The van der Waals surface area contributed by atoms with Crippen molar-refractivity contribution in [2.75, 3.05) is 53.6 Å². The van der Waals surface area contributed by atoms with Crippen LogP contribution in [0, 0.1) is 0 Å². The van der Waals surface area contributed by atoms with E-state index < -0.39 is 17.7 Å². The number of carbonyl (C=O) groups is 2. The zero-order valence-corrected chi connectivity index (χ0v) is 19.5. The predicted octanol–water partition coefficient (Wildman–Crippen LogP) is 2.85. The number of morpholine rings is 1. The van der Waals surface area contributed by atoms with Crippen LogP contribution < -0.4 is 9.47 Å². The van der Waals surface area contributed by atoms with E-state index in [0.717, 1.165) is 25.2 Å². The lowest BCUT2D eigenvalue weighted by Gasteiger charge is -2.29. The summed E-state index contributed by atoms with van der Waals surface area (Å²) in [6, 6.07) is 13.6. The first kappa shape index (κ1) is 23.8. The Morgan fingerprint density at radius 2 is 1.71 bits per heavy atom. The highest BCUT2D eigenvalue weighted by molar-refractivity contribution is 6.46. The number of benzene rings is 2. The molecule has 8 heteroatoms. The van der Waals surface area contributed by atoms with Gasteiger partial charge >= 0.3 is 0 Å². The molecule has 0 aromatic heterocycles. The number of Topliss-reactive ketones (excluding diaryl/α,β-unsaturated/α-hetero) is 1. The molecule has 2 aromatic carbocycles. The van der Waals surface area contributed by atoms with Crippen molar-refractivity contribution in [2.24, 2.45) is 0 Å². The highest BCUT2D eigenvalue weighted by Crippen LogP contribution is 2.40. The molecule has 1 N–H and O–H groups in total. The second-order valence-corrected chi connectivity index (χ2v) is 8.28. The second kappa shape index (κ2) is 10.7. The summed E-state index contributed by atoms with van der Waals surface area (Å²) in [5.74, 6) is -0.598. The molecule has 180 valence electrons. The van der Waals surface area contributed by atoms with E-state index in [1.165, 1.54) is 14.2 Å². The van der Waals surface area contributed by atoms with Gasteiger partial charge in [0.1, 0.15) is 5.76 Å². The van der Waals surface area contributed by atoms with Crippen molar-refractivity contribution in [1.29, 1.82) is 0 Å². The minimum atomic E-state index is -0.687. The minimum Gasteiger partial charge on any atom is -0.507 e. The molecule has 1 amide bonds. The van der Waals surface area contributed by atoms with Crippen LogP contribution in [-0.2, 0) is 14.3 Å². The van der Waals surface area contributed by atoms with Crippen LogP contribution in [0.2, 0.25) is 0 Å². The Morgan fingerprint density at radius 3 is 2.38 bits per heavy atom. The summed E-state index contributed by atoms with van der Waals surface area (Å²) in [6.07, 6.45) is 0.715. The maximum absolute atomic E-state index is 13.2. The molecular weight excluding hydrogens is 436 g/mol. The van der Waals surface area contributed by atoms with Crippen LogP contribution in [0.5, 0.6) is 11.5 Å². The van der Waals surface area contributed by atoms with Gasteiger partial charge in [0.2, 0.25) is 0 Å². The SMILES string of the molecule is COc1ccc(/C(O)=C2\C(=O)C(=O)N(CCCN3CCOCC3)[C@@H]2c2ccccc2)cc1OC. The van der Waals surface area contributed by atoms with Crippen LogP contribution in [0.3, 0.4) is 0 Å². The number of aliphatic hydroxyl groups is 1. The molecule has 0 radical (unpaired) electrons. The molecule has 8 nitrogen and oxygen atoms in total. The first-order valence-electron chi connectivity index (χ1n) is 11.4. The summed E-state index contributed by atoms with van der Waals surface area (Å²) in [4.78, 5) is 30.1. The summed E-state index contributed by atoms with van der Waals surface area (Å²) >= 11 is 0. The third-order valence-corrected chi connectivity index (χ3v) is 6.29. The molecule has 2 heterocycles. The fraction of sp³-hybridized carbons (Fsp3) is 0.385. The van der Waals surface area contributed by atoms with Crippen LogP contribution in [0.25, 0.3) is 5.76 Å². The molecular formula is C26H30N2O6. The summed E-state index contributed by atoms with van der Waals surface area (Å²) in [7, 11) is 3.02. The number of carbonyl (C=O) groups excluding carboxylic acids is 2. The lowest BCUT2D eigenvalue weighted by Crippen LogP contribution is -2.38. The van der Waals surface area contributed by atoms with Gasteiger partial charge in [-0.2, -0.15) is 0 Å². The molecule has 0 spiro atoms. The van der Waals surface area contributed by atoms with Crippen LogP contribution in [-0.4, -0.2) is 80.2 Å². The van der Waals surface area contributed by atoms with E-state index >= 15 is 0 Å². The number of rotatable bonds is 8. The highest BCUT2D eigenvalue weighted by Gasteiger charge is 2.45. The van der Waals surface area contributed by atoms with E-state index in [1.807, 2.05) is 30.3 Å². The first-order valence-corrected chi connectivity index (χ1v) is 11.4. The third-order valence-electron chi connectivity index (χ3n) is 6.29. The van der Waals surface area contributed by atoms with E-state index in [9.17, 15) is 14.7 Å². The average Bonchev–Trinajstić information content (AvgIpc) is 3.14. The molecule has 2 aliphatic rings. The van der Waals surface area contributed by atoms with E-state index in [2.05, 4.69) is 4.90 Å². The smallest absolute Gasteiger partial charge is 0.295 e. The molecule has 4 rings (SSSR count). The fourth-order valence-electron chi connectivity index (χ4n) is 4.52. The topological polar surface area (TPSA) is 88.5 Å². The molecule has 0 unspecified atom stereocenters. The highest BCUT2D eigenvalue weighted by atomic mass is 16.5. The van der Waals surface area contributed by atoms with Crippen molar-refractivity contribution in [2.45, 2.75) is 12.5 Å². The maximum atomic E-state index is 13.2. The van der Waals surface area contributed by atoms with Gasteiger partial charge in [0.25, 0.3) is 11.7 Å². The zero-order chi connectivity index (χ0) is 24.1. The normalized spacial score (nSPS) is 20.5. The number of likely N-dealkylation sites (tertiary alicyclic amines) is 1. The number of ketones is 1. The predicted molar refractivity (Wildman–Crippen MR) is 127 cm³/mol. The van der Waals surface area contributed by atoms with Crippen molar-refractivity contribution in [3.63, 3.8) is 0 Å². The van der Waals surface area contributed by atoms with Crippen molar-refractivity contribution in [3.05, 3.63) is 65.2 Å². The van der Waals surface area contributed by atoms with Gasteiger partial charge in [-0.15, -0.1) is 0 Å². The van der Waals surface area contributed by atoms with Crippen molar-refractivity contribution in [3.8, 4) is 11.5 Å². The number of ether oxygens (including phenoxy) is 3. The van der Waals surface area contributed by atoms with Gasteiger partial charge in [0, 0.05) is 31.7 Å². The zero-order valence-electron chi connectivity index (χ0n) is 19.5. The summed E-state index contributed by atoms with van der Waals surface area (Å²) in [5.41, 5.74) is 1.23. The number of amides is 1. The minimum absolute atomic E-state index is 0.0785. The second-order valence-electron chi connectivity index (χ2n) is 8.28. The molecule has 0 bridgehead atoms. The van der Waals surface area contributed by atoms with Crippen LogP contribution in [0.15, 0.2) is 54.1 Å². The van der Waals surface area contributed by atoms with Crippen molar-refractivity contribution in [1.82, 2.24) is 9.80 Å². The van der Waals surface area contributed by atoms with Crippen molar-refractivity contribution < 1.29 is 28.9 Å². The van der Waals surface area contributed by atoms with E-state index in [1.54, 1.807) is 23.1 Å². The molecule has 2 fully saturated rings. The Bertz CT molecular complexity index is 1060. The van der Waals surface area contributed by atoms with Crippen LogP contribution >= 0.6 is 0 Å². The Balaban J connectivity index is 1.67.